The van der Waals surface area contributed by atoms with Gasteiger partial charge in [-0.25, -0.2) is 14.4 Å². The lowest BCUT2D eigenvalue weighted by molar-refractivity contribution is 0.625. The van der Waals surface area contributed by atoms with E-state index >= 15 is 0 Å². The van der Waals surface area contributed by atoms with Crippen molar-refractivity contribution in [1.29, 1.82) is 0 Å². The molecular weight excluding hydrogens is 229 g/mol. The highest BCUT2D eigenvalue weighted by Gasteiger charge is 1.98. The van der Waals surface area contributed by atoms with Crippen molar-refractivity contribution in [3.63, 3.8) is 0 Å². The monoisotopic (exact) mass is 245 g/mol. The highest BCUT2D eigenvalue weighted by Crippen LogP contribution is 2.07. The van der Waals surface area contributed by atoms with Crippen LogP contribution in [0.15, 0.2) is 36.7 Å². The number of aromatic nitrogens is 2. The van der Waals surface area contributed by atoms with Crippen molar-refractivity contribution in [2.24, 2.45) is 0 Å². The normalized spacial score (nSPS) is 10.3. The number of nitrogens with one attached hydrogen (secondary N) is 1. The minimum absolute atomic E-state index is 0.192. The van der Waals surface area contributed by atoms with Gasteiger partial charge in [-0.2, -0.15) is 0 Å². The minimum Gasteiger partial charge on any atom is -0.370 e. The van der Waals surface area contributed by atoms with E-state index in [2.05, 4.69) is 22.2 Å². The molecule has 0 saturated heterocycles. The average Bonchev–Trinajstić information content (AvgIpc) is 2.39. The van der Waals surface area contributed by atoms with Crippen LogP contribution in [-0.4, -0.2) is 16.5 Å². The van der Waals surface area contributed by atoms with Gasteiger partial charge in [-0.1, -0.05) is 19.1 Å². The predicted molar refractivity (Wildman–Crippen MR) is 70.0 cm³/mol. The molecule has 18 heavy (non-hydrogen) atoms. The third-order valence-corrected chi connectivity index (χ3v) is 2.69. The van der Waals surface area contributed by atoms with Gasteiger partial charge in [-0.15, -0.1) is 0 Å². The number of anilines is 1. The van der Waals surface area contributed by atoms with Crippen LogP contribution in [0, 0.1) is 5.82 Å². The van der Waals surface area contributed by atoms with Crippen molar-refractivity contribution in [3.8, 4) is 0 Å². The molecule has 0 atom stereocenters. The summed E-state index contributed by atoms with van der Waals surface area (Å²) >= 11 is 0. The topological polar surface area (TPSA) is 37.8 Å². The van der Waals surface area contributed by atoms with E-state index in [1.54, 1.807) is 18.5 Å². The molecule has 1 aromatic heterocycles. The van der Waals surface area contributed by atoms with Gasteiger partial charge in [0.05, 0.1) is 0 Å². The second-order valence-corrected chi connectivity index (χ2v) is 4.05. The minimum atomic E-state index is -0.192. The summed E-state index contributed by atoms with van der Waals surface area (Å²) in [5.41, 5.74) is 1.99. The van der Waals surface area contributed by atoms with Crippen molar-refractivity contribution in [1.82, 2.24) is 9.97 Å². The summed E-state index contributed by atoms with van der Waals surface area (Å²) in [5.74, 6) is 0.626. The van der Waals surface area contributed by atoms with E-state index in [0.29, 0.717) is 0 Å². The highest BCUT2D eigenvalue weighted by molar-refractivity contribution is 5.35. The molecule has 3 nitrogen and oxygen atoms in total. The molecule has 0 radical (unpaired) electrons. The Kier molecular flexibility index (Phi) is 4.23. The molecule has 4 heteroatoms. The fourth-order valence-electron chi connectivity index (χ4n) is 1.71. The zero-order valence-electron chi connectivity index (χ0n) is 10.4. The van der Waals surface area contributed by atoms with Crippen molar-refractivity contribution >= 4 is 5.82 Å². The Balaban J connectivity index is 1.88. The van der Waals surface area contributed by atoms with Crippen molar-refractivity contribution < 1.29 is 4.39 Å². The summed E-state index contributed by atoms with van der Waals surface area (Å²) in [5, 5.41) is 3.21. The molecule has 0 aliphatic rings. The second-order valence-electron chi connectivity index (χ2n) is 4.05. The number of aryl methyl sites for hydroxylation is 1. The van der Waals surface area contributed by atoms with Gasteiger partial charge < -0.3 is 5.32 Å². The van der Waals surface area contributed by atoms with E-state index in [4.69, 9.17) is 0 Å². The van der Waals surface area contributed by atoms with Gasteiger partial charge in [0.2, 0.25) is 0 Å². The first-order chi connectivity index (χ1) is 8.78. The van der Waals surface area contributed by atoms with Crippen molar-refractivity contribution in [2.45, 2.75) is 19.8 Å². The van der Waals surface area contributed by atoms with E-state index in [0.717, 1.165) is 36.5 Å². The molecule has 0 aliphatic heterocycles. The van der Waals surface area contributed by atoms with Crippen LogP contribution in [0.5, 0.6) is 0 Å². The fraction of sp³-hybridized carbons (Fsp3) is 0.286. The standard InChI is InChI=1S/C14H16FN3/c1-2-13-9-14(18-10-17-13)16-7-6-11-4-3-5-12(15)8-11/h3-5,8-10H,2,6-7H2,1H3,(H,16,17,18). The Morgan fingerprint density at radius 2 is 2.11 bits per heavy atom. The van der Waals surface area contributed by atoms with Crippen LogP contribution in [0.2, 0.25) is 0 Å². The predicted octanol–water partition coefficient (Wildman–Crippen LogP) is 2.83. The highest BCUT2D eigenvalue weighted by atomic mass is 19.1. The van der Waals surface area contributed by atoms with E-state index in [9.17, 15) is 4.39 Å². The quantitative estimate of drug-likeness (QED) is 0.880. The number of hydrogen-bond acceptors (Lipinski definition) is 3. The Labute approximate surface area is 106 Å². The van der Waals surface area contributed by atoms with Crippen molar-refractivity contribution in [3.05, 3.63) is 53.7 Å². The Morgan fingerprint density at radius 3 is 2.89 bits per heavy atom. The van der Waals surface area contributed by atoms with E-state index in [-0.39, 0.29) is 5.82 Å². The molecule has 1 heterocycles. The van der Waals surface area contributed by atoms with Crippen LogP contribution in [0.3, 0.4) is 0 Å². The number of rotatable bonds is 5. The average molecular weight is 245 g/mol. The molecule has 2 rings (SSSR count). The van der Waals surface area contributed by atoms with Crippen LogP contribution in [0.25, 0.3) is 0 Å². The summed E-state index contributed by atoms with van der Waals surface area (Å²) in [7, 11) is 0. The first-order valence-electron chi connectivity index (χ1n) is 6.07. The second kappa shape index (κ2) is 6.10. The van der Waals surface area contributed by atoms with Crippen LogP contribution in [0.1, 0.15) is 18.2 Å². The molecule has 0 unspecified atom stereocenters. The fourth-order valence-corrected chi connectivity index (χ4v) is 1.71. The van der Waals surface area contributed by atoms with E-state index in [1.807, 2.05) is 12.1 Å². The van der Waals surface area contributed by atoms with Crippen molar-refractivity contribution in [2.75, 3.05) is 11.9 Å². The molecular formula is C14H16FN3. The van der Waals surface area contributed by atoms with E-state index in [1.165, 1.54) is 6.07 Å². The van der Waals surface area contributed by atoms with Gasteiger partial charge in [-0.3, -0.25) is 0 Å². The molecule has 1 aromatic carbocycles. The maximum Gasteiger partial charge on any atom is 0.129 e. The molecule has 2 aromatic rings. The third kappa shape index (κ3) is 3.52. The molecule has 94 valence electrons. The van der Waals surface area contributed by atoms with Gasteiger partial charge in [0.15, 0.2) is 0 Å². The molecule has 0 amide bonds. The van der Waals surface area contributed by atoms with E-state index < -0.39 is 0 Å². The lowest BCUT2D eigenvalue weighted by Gasteiger charge is -2.06. The Bertz CT molecular complexity index is 514. The van der Waals surface area contributed by atoms with Crippen LogP contribution >= 0.6 is 0 Å². The van der Waals surface area contributed by atoms with Crippen LogP contribution < -0.4 is 5.32 Å². The molecule has 0 aliphatic carbocycles. The molecule has 1 N–H and O–H groups in total. The van der Waals surface area contributed by atoms with Gasteiger partial charge in [-0.05, 0) is 30.5 Å². The van der Waals surface area contributed by atoms with Gasteiger partial charge in [0, 0.05) is 18.3 Å². The number of hydrogen-bond donors (Lipinski definition) is 1. The maximum absolute atomic E-state index is 13.0. The van der Waals surface area contributed by atoms with Crippen LogP contribution in [-0.2, 0) is 12.8 Å². The molecule has 0 fully saturated rings. The smallest absolute Gasteiger partial charge is 0.129 e. The lowest BCUT2D eigenvalue weighted by atomic mass is 10.1. The summed E-state index contributed by atoms with van der Waals surface area (Å²) in [4.78, 5) is 8.27. The van der Waals surface area contributed by atoms with Gasteiger partial charge in [0.25, 0.3) is 0 Å². The number of nitrogens with zero attached hydrogens (tertiary/aromatic N) is 2. The molecule has 0 spiro atoms. The third-order valence-electron chi connectivity index (χ3n) is 2.69. The molecule has 0 bridgehead atoms. The largest absolute Gasteiger partial charge is 0.370 e. The summed E-state index contributed by atoms with van der Waals surface area (Å²) < 4.78 is 13.0. The lowest BCUT2D eigenvalue weighted by Crippen LogP contribution is -2.07. The summed E-state index contributed by atoms with van der Waals surface area (Å²) in [6.07, 6.45) is 3.22. The first-order valence-corrected chi connectivity index (χ1v) is 6.07. The Hall–Kier alpha value is -1.97. The zero-order chi connectivity index (χ0) is 12.8. The van der Waals surface area contributed by atoms with Gasteiger partial charge in [0.1, 0.15) is 18.0 Å². The number of halogens is 1. The summed E-state index contributed by atoms with van der Waals surface area (Å²) in [6.45, 7) is 2.78. The summed E-state index contributed by atoms with van der Waals surface area (Å²) in [6, 6.07) is 8.59. The maximum atomic E-state index is 13.0. The van der Waals surface area contributed by atoms with Crippen LogP contribution in [0.4, 0.5) is 10.2 Å². The SMILES string of the molecule is CCc1cc(NCCc2cccc(F)c2)ncn1. The number of benzene rings is 1. The zero-order valence-corrected chi connectivity index (χ0v) is 10.4. The first kappa shape index (κ1) is 12.5. The Morgan fingerprint density at radius 1 is 1.22 bits per heavy atom. The molecule has 0 saturated carbocycles. The van der Waals surface area contributed by atoms with Gasteiger partial charge >= 0.3 is 0 Å².